The predicted octanol–water partition coefficient (Wildman–Crippen LogP) is -0.272. The summed E-state index contributed by atoms with van der Waals surface area (Å²) in [5, 5.41) is 16.5. The van der Waals surface area contributed by atoms with Crippen molar-refractivity contribution < 1.29 is 24.5 Å². The number of hydrogen-bond acceptors (Lipinski definition) is 3. The van der Waals surface area contributed by atoms with E-state index in [0.717, 1.165) is 0 Å². The number of rotatable bonds is 4. The van der Waals surface area contributed by atoms with Gasteiger partial charge in [0.1, 0.15) is 0 Å². The first kappa shape index (κ1) is 9.64. The van der Waals surface area contributed by atoms with Gasteiger partial charge in [-0.05, 0) is 0 Å². The van der Waals surface area contributed by atoms with Crippen molar-refractivity contribution in [2.75, 3.05) is 13.7 Å². The molecule has 5 heteroatoms. The molecule has 0 radical (unpaired) electrons. The van der Waals surface area contributed by atoms with Crippen LogP contribution in [0.4, 0.5) is 0 Å². The summed E-state index contributed by atoms with van der Waals surface area (Å²) in [6.45, 7) is -0.207. The standard InChI is InChI=1S/C6H8O5/c1-11-3-4(6(9)10)2-5(7)8/h2H,3H2,1H3,(H,7,8)(H,9,10). The summed E-state index contributed by atoms with van der Waals surface area (Å²) in [6.07, 6.45) is 0.603. The van der Waals surface area contributed by atoms with Crippen LogP contribution in [0.1, 0.15) is 0 Å². The third kappa shape index (κ3) is 4.10. The maximum absolute atomic E-state index is 10.2. The third-order valence-corrected chi connectivity index (χ3v) is 0.872. The molecule has 0 saturated carbocycles. The number of ether oxygens (including phenoxy) is 1. The summed E-state index contributed by atoms with van der Waals surface area (Å²) in [6, 6.07) is 0. The predicted molar refractivity (Wildman–Crippen MR) is 35.2 cm³/mol. The van der Waals surface area contributed by atoms with Crippen LogP contribution in [-0.4, -0.2) is 35.9 Å². The molecule has 0 aliphatic heterocycles. The summed E-state index contributed by atoms with van der Waals surface area (Å²) >= 11 is 0. The monoisotopic (exact) mass is 160 g/mol. The lowest BCUT2D eigenvalue weighted by molar-refractivity contribution is -0.135. The highest BCUT2D eigenvalue weighted by Crippen LogP contribution is 1.94. The van der Waals surface area contributed by atoms with Crippen LogP contribution in [0.15, 0.2) is 11.6 Å². The van der Waals surface area contributed by atoms with Crippen LogP contribution in [0.5, 0.6) is 0 Å². The highest BCUT2D eigenvalue weighted by molar-refractivity contribution is 5.94. The van der Waals surface area contributed by atoms with Gasteiger partial charge in [0.05, 0.1) is 12.2 Å². The Labute approximate surface area is 62.9 Å². The van der Waals surface area contributed by atoms with E-state index >= 15 is 0 Å². The first-order chi connectivity index (χ1) is 5.07. The first-order valence-electron chi connectivity index (χ1n) is 2.73. The molecule has 0 aromatic rings. The van der Waals surface area contributed by atoms with Gasteiger partial charge in [-0.1, -0.05) is 0 Å². The molecule has 0 aliphatic rings. The molecule has 62 valence electrons. The normalized spacial score (nSPS) is 11.2. The minimum atomic E-state index is -1.29. The van der Waals surface area contributed by atoms with E-state index < -0.39 is 11.9 Å². The number of methoxy groups -OCH3 is 1. The van der Waals surface area contributed by atoms with Crippen molar-refractivity contribution >= 4 is 11.9 Å². The molecule has 5 nitrogen and oxygen atoms in total. The van der Waals surface area contributed by atoms with Crippen LogP contribution in [-0.2, 0) is 14.3 Å². The van der Waals surface area contributed by atoms with Gasteiger partial charge in [-0.25, -0.2) is 9.59 Å². The van der Waals surface area contributed by atoms with Crippen molar-refractivity contribution in [1.82, 2.24) is 0 Å². The Balaban J connectivity index is 4.32. The van der Waals surface area contributed by atoms with Gasteiger partial charge in [0.25, 0.3) is 0 Å². The Kier molecular flexibility index (Phi) is 3.90. The van der Waals surface area contributed by atoms with Gasteiger partial charge in [-0.2, -0.15) is 0 Å². The van der Waals surface area contributed by atoms with Crippen LogP contribution >= 0.6 is 0 Å². The van der Waals surface area contributed by atoms with Crippen LogP contribution in [0.2, 0.25) is 0 Å². The third-order valence-electron chi connectivity index (χ3n) is 0.872. The second kappa shape index (κ2) is 4.45. The lowest BCUT2D eigenvalue weighted by atomic mass is 10.3. The van der Waals surface area contributed by atoms with Crippen molar-refractivity contribution in [2.45, 2.75) is 0 Å². The fourth-order valence-electron chi connectivity index (χ4n) is 0.470. The van der Waals surface area contributed by atoms with E-state index in [1.54, 1.807) is 0 Å². The number of carbonyl (C=O) groups is 2. The molecule has 0 heterocycles. The van der Waals surface area contributed by atoms with Crippen molar-refractivity contribution in [3.8, 4) is 0 Å². The molecule has 0 atom stereocenters. The molecule has 2 N–H and O–H groups in total. The van der Waals surface area contributed by atoms with Crippen molar-refractivity contribution in [3.05, 3.63) is 11.6 Å². The van der Waals surface area contributed by atoms with Crippen molar-refractivity contribution in [3.63, 3.8) is 0 Å². The van der Waals surface area contributed by atoms with E-state index in [1.807, 2.05) is 0 Å². The van der Waals surface area contributed by atoms with E-state index in [9.17, 15) is 9.59 Å². The summed E-state index contributed by atoms with van der Waals surface area (Å²) in [5.74, 6) is -2.58. The van der Waals surface area contributed by atoms with E-state index in [4.69, 9.17) is 10.2 Å². The zero-order chi connectivity index (χ0) is 8.85. The summed E-state index contributed by atoms with van der Waals surface area (Å²) < 4.78 is 4.45. The minimum absolute atomic E-state index is 0.207. The molecule has 0 saturated heterocycles. The summed E-state index contributed by atoms with van der Waals surface area (Å²) in [4.78, 5) is 20.2. The average Bonchev–Trinajstić information content (AvgIpc) is 1.86. The fraction of sp³-hybridized carbons (Fsp3) is 0.333. The number of carboxylic acids is 2. The average molecular weight is 160 g/mol. The number of aliphatic carboxylic acids is 2. The highest BCUT2D eigenvalue weighted by atomic mass is 16.5. The van der Waals surface area contributed by atoms with Crippen molar-refractivity contribution in [2.24, 2.45) is 0 Å². The molecule has 0 amide bonds. The van der Waals surface area contributed by atoms with Crippen LogP contribution in [0.25, 0.3) is 0 Å². The molecule has 0 aliphatic carbocycles. The topological polar surface area (TPSA) is 83.8 Å². The van der Waals surface area contributed by atoms with Gasteiger partial charge in [0.2, 0.25) is 0 Å². The lowest BCUT2D eigenvalue weighted by Gasteiger charge is -1.97. The minimum Gasteiger partial charge on any atom is -0.478 e. The quantitative estimate of drug-likeness (QED) is 0.553. The molecule has 0 rings (SSSR count). The van der Waals surface area contributed by atoms with E-state index in [-0.39, 0.29) is 12.2 Å². The van der Waals surface area contributed by atoms with Gasteiger partial charge >= 0.3 is 11.9 Å². The SMILES string of the molecule is COCC(=CC(=O)O)C(=O)O. The molecule has 11 heavy (non-hydrogen) atoms. The zero-order valence-corrected chi connectivity index (χ0v) is 5.90. The largest absolute Gasteiger partial charge is 0.478 e. The van der Waals surface area contributed by atoms with Gasteiger partial charge < -0.3 is 14.9 Å². The summed E-state index contributed by atoms with van der Waals surface area (Å²) in [5.41, 5.74) is -0.278. The molecule has 0 bridgehead atoms. The fourth-order valence-corrected chi connectivity index (χ4v) is 0.470. The summed E-state index contributed by atoms with van der Waals surface area (Å²) in [7, 11) is 1.29. The van der Waals surface area contributed by atoms with E-state index in [1.165, 1.54) is 7.11 Å². The second-order valence-corrected chi connectivity index (χ2v) is 1.75. The molecular weight excluding hydrogens is 152 g/mol. The van der Waals surface area contributed by atoms with E-state index in [0.29, 0.717) is 6.08 Å². The maximum Gasteiger partial charge on any atom is 0.334 e. The van der Waals surface area contributed by atoms with Gasteiger partial charge in [-0.3, -0.25) is 0 Å². The molecule has 0 aromatic heterocycles. The van der Waals surface area contributed by atoms with Crippen LogP contribution in [0, 0.1) is 0 Å². The molecule has 0 spiro atoms. The van der Waals surface area contributed by atoms with Crippen molar-refractivity contribution in [1.29, 1.82) is 0 Å². The van der Waals surface area contributed by atoms with Crippen LogP contribution in [0.3, 0.4) is 0 Å². The molecule has 0 unspecified atom stereocenters. The van der Waals surface area contributed by atoms with Gasteiger partial charge in [0, 0.05) is 13.2 Å². The Bertz CT molecular complexity index is 193. The van der Waals surface area contributed by atoms with Gasteiger partial charge in [-0.15, -0.1) is 0 Å². The molecular formula is C6H8O5. The first-order valence-corrected chi connectivity index (χ1v) is 2.73. The zero-order valence-electron chi connectivity index (χ0n) is 5.90. The van der Waals surface area contributed by atoms with E-state index in [2.05, 4.69) is 4.74 Å². The number of hydrogen-bond donors (Lipinski definition) is 2. The van der Waals surface area contributed by atoms with Gasteiger partial charge in [0.15, 0.2) is 0 Å². The number of carboxylic acid groups (broad SMARTS) is 2. The highest BCUT2D eigenvalue weighted by Gasteiger charge is 2.07. The molecule has 0 fully saturated rings. The maximum atomic E-state index is 10.2. The smallest absolute Gasteiger partial charge is 0.334 e. The second-order valence-electron chi connectivity index (χ2n) is 1.75. The van der Waals surface area contributed by atoms with Crippen LogP contribution < -0.4 is 0 Å². The Morgan fingerprint density at radius 2 is 2.00 bits per heavy atom. The molecule has 0 aromatic carbocycles. The Morgan fingerprint density at radius 3 is 2.27 bits per heavy atom. The Hall–Kier alpha value is -1.36. The Morgan fingerprint density at radius 1 is 1.45 bits per heavy atom. The lowest BCUT2D eigenvalue weighted by Crippen LogP contribution is -2.08.